The van der Waals surface area contributed by atoms with Crippen LogP contribution in [0.15, 0.2) is 12.4 Å². The summed E-state index contributed by atoms with van der Waals surface area (Å²) in [5.74, 6) is -0.657. The van der Waals surface area contributed by atoms with Crippen LogP contribution >= 0.6 is 11.6 Å². The molecule has 1 unspecified atom stereocenters. The van der Waals surface area contributed by atoms with Crippen LogP contribution < -0.4 is 10.2 Å². The minimum atomic E-state index is -2.99. The van der Waals surface area contributed by atoms with Gasteiger partial charge < -0.3 is 10.2 Å². The summed E-state index contributed by atoms with van der Waals surface area (Å²) < 4.78 is 25.1. The molecule has 0 aromatic carbocycles. The second-order valence-corrected chi connectivity index (χ2v) is 6.25. The van der Waals surface area contributed by atoms with Gasteiger partial charge in [0.1, 0.15) is 0 Å². The summed E-state index contributed by atoms with van der Waals surface area (Å²) in [6.45, 7) is 0.635. The molecule has 120 valence electrons. The Bertz CT molecular complexity index is 548. The quantitative estimate of drug-likeness (QED) is 0.924. The van der Waals surface area contributed by atoms with Gasteiger partial charge >= 0.3 is 6.43 Å². The largest absolute Gasteiger partial charge is 0.346 e. The smallest absolute Gasteiger partial charge is 0.315 e. The number of carbonyl (C=O) groups is 1. The van der Waals surface area contributed by atoms with E-state index in [0.29, 0.717) is 23.9 Å². The Balaban J connectivity index is 1.86. The lowest BCUT2D eigenvalue weighted by Crippen LogP contribution is -2.56. The van der Waals surface area contributed by atoms with Crippen LogP contribution in [0.4, 0.5) is 14.7 Å². The van der Waals surface area contributed by atoms with E-state index in [0.717, 1.165) is 25.7 Å². The van der Waals surface area contributed by atoms with Crippen molar-refractivity contribution in [2.24, 2.45) is 0 Å². The molecule has 0 radical (unpaired) electrons. The Morgan fingerprint density at radius 2 is 2.00 bits per heavy atom. The fraction of sp³-hybridized carbons (Fsp3) is 0.643. The molecule has 1 N–H and O–H groups in total. The highest BCUT2D eigenvalue weighted by Gasteiger charge is 2.52. The zero-order chi connectivity index (χ0) is 15.7. The number of hydrogen-bond acceptors (Lipinski definition) is 4. The summed E-state index contributed by atoms with van der Waals surface area (Å²) in [7, 11) is 0. The summed E-state index contributed by atoms with van der Waals surface area (Å²) in [5, 5.41) is 2.96. The van der Waals surface area contributed by atoms with Crippen molar-refractivity contribution < 1.29 is 13.6 Å². The van der Waals surface area contributed by atoms with E-state index in [2.05, 4.69) is 15.3 Å². The molecule has 5 nitrogen and oxygen atoms in total. The maximum absolute atomic E-state index is 12.6. The molecule has 2 heterocycles. The number of aromatic nitrogens is 2. The minimum absolute atomic E-state index is 0.296. The molecule has 1 amide bonds. The average Bonchev–Trinajstić information content (AvgIpc) is 3.10. The van der Waals surface area contributed by atoms with Gasteiger partial charge in [-0.1, -0.05) is 24.4 Å². The van der Waals surface area contributed by atoms with Crippen LogP contribution in [-0.2, 0) is 4.79 Å². The topological polar surface area (TPSA) is 58.1 Å². The molecule has 8 heteroatoms. The monoisotopic (exact) mass is 330 g/mol. The molecular formula is C14H17ClF2N4O. The third-order valence-corrected chi connectivity index (χ3v) is 4.85. The highest BCUT2D eigenvalue weighted by molar-refractivity contribution is 6.30. The fourth-order valence-corrected chi connectivity index (χ4v) is 3.83. The van der Waals surface area contributed by atoms with E-state index in [1.807, 2.05) is 4.90 Å². The van der Waals surface area contributed by atoms with Crippen LogP contribution in [0.3, 0.4) is 0 Å². The molecule has 1 saturated heterocycles. The first kappa shape index (κ1) is 15.4. The van der Waals surface area contributed by atoms with Crippen LogP contribution in [0.25, 0.3) is 0 Å². The van der Waals surface area contributed by atoms with Gasteiger partial charge in [0.15, 0.2) is 0 Å². The molecule has 1 aromatic heterocycles. The van der Waals surface area contributed by atoms with Crippen LogP contribution in [0.1, 0.15) is 32.1 Å². The van der Waals surface area contributed by atoms with Crippen LogP contribution in [0.2, 0.25) is 5.02 Å². The highest BCUT2D eigenvalue weighted by atomic mass is 35.5. The van der Waals surface area contributed by atoms with Crippen molar-refractivity contribution in [2.45, 2.75) is 50.1 Å². The van der Waals surface area contributed by atoms with Gasteiger partial charge in [0.2, 0.25) is 5.95 Å². The second-order valence-electron chi connectivity index (χ2n) is 5.81. The molecule has 2 fully saturated rings. The Morgan fingerprint density at radius 3 is 2.59 bits per heavy atom. The lowest BCUT2D eigenvalue weighted by Gasteiger charge is -2.39. The molecule has 1 aromatic rings. The molecule has 1 saturated carbocycles. The predicted octanol–water partition coefficient (Wildman–Crippen LogP) is 2.40. The van der Waals surface area contributed by atoms with Gasteiger partial charge in [0, 0.05) is 6.54 Å². The van der Waals surface area contributed by atoms with Gasteiger partial charge in [-0.15, -0.1) is 0 Å². The van der Waals surface area contributed by atoms with Gasteiger partial charge in [-0.05, 0) is 19.3 Å². The number of nitrogens with one attached hydrogen (secondary N) is 1. The maximum Gasteiger partial charge on any atom is 0.315 e. The Hall–Kier alpha value is -1.50. The minimum Gasteiger partial charge on any atom is -0.346 e. The number of alkyl halides is 2. The summed E-state index contributed by atoms with van der Waals surface area (Å²) in [5.41, 5.74) is -0.363. The van der Waals surface area contributed by atoms with E-state index >= 15 is 0 Å². The molecule has 1 atom stereocenters. The van der Waals surface area contributed by atoms with Crippen molar-refractivity contribution in [1.82, 2.24) is 15.3 Å². The highest BCUT2D eigenvalue weighted by Crippen LogP contribution is 2.44. The van der Waals surface area contributed by atoms with Crippen molar-refractivity contribution in [2.75, 3.05) is 11.4 Å². The summed E-state index contributed by atoms with van der Waals surface area (Å²) in [6, 6.07) is -0.296. The molecule has 1 spiro atoms. The van der Waals surface area contributed by atoms with Crippen molar-refractivity contribution in [1.29, 1.82) is 0 Å². The molecular weight excluding hydrogens is 314 g/mol. The lowest BCUT2D eigenvalue weighted by atomic mass is 9.89. The molecule has 2 aliphatic rings. The maximum atomic E-state index is 12.6. The number of hydrogen-bond donors (Lipinski definition) is 1. The standard InChI is InChI=1S/C14H17ClF2N4O/c15-9-7-18-13(19-8-9)21-6-3-10(20-12(22)11(16)17)14(21)4-1-2-5-14/h7-8,10-11H,1-6H2,(H,20,22). The molecule has 1 aliphatic heterocycles. The van der Waals surface area contributed by atoms with Crippen molar-refractivity contribution in [3.8, 4) is 0 Å². The average molecular weight is 331 g/mol. The van der Waals surface area contributed by atoms with Crippen molar-refractivity contribution in [3.05, 3.63) is 17.4 Å². The first-order chi connectivity index (χ1) is 10.5. The Labute approximate surface area is 132 Å². The molecule has 3 rings (SSSR count). The predicted molar refractivity (Wildman–Crippen MR) is 78.1 cm³/mol. The third kappa shape index (κ3) is 2.62. The molecule has 1 aliphatic carbocycles. The molecule has 0 bridgehead atoms. The first-order valence-corrected chi connectivity index (χ1v) is 7.74. The van der Waals surface area contributed by atoms with Gasteiger partial charge in [-0.3, -0.25) is 4.79 Å². The van der Waals surface area contributed by atoms with E-state index in [4.69, 9.17) is 11.6 Å². The SMILES string of the molecule is O=C(NC1CCN(c2ncc(Cl)cn2)C12CCCC2)C(F)F. The normalized spacial score (nSPS) is 23.5. The van der Waals surface area contributed by atoms with Gasteiger partial charge in [-0.25, -0.2) is 9.97 Å². The van der Waals surface area contributed by atoms with Crippen LogP contribution in [0, 0.1) is 0 Å². The fourth-order valence-electron chi connectivity index (χ4n) is 3.73. The number of anilines is 1. The van der Waals surface area contributed by atoms with Crippen LogP contribution in [-0.4, -0.2) is 40.4 Å². The van der Waals surface area contributed by atoms with Gasteiger partial charge in [0.05, 0.1) is 29.0 Å². The summed E-state index contributed by atoms with van der Waals surface area (Å²) in [4.78, 5) is 21.9. The summed E-state index contributed by atoms with van der Waals surface area (Å²) >= 11 is 5.82. The number of nitrogens with zero attached hydrogens (tertiary/aromatic N) is 3. The van der Waals surface area contributed by atoms with Gasteiger partial charge in [-0.2, -0.15) is 8.78 Å². The van der Waals surface area contributed by atoms with Crippen molar-refractivity contribution >= 4 is 23.5 Å². The summed E-state index contributed by atoms with van der Waals surface area (Å²) in [6.07, 6.45) is 4.37. The van der Waals surface area contributed by atoms with E-state index in [1.165, 1.54) is 12.4 Å². The van der Waals surface area contributed by atoms with E-state index in [9.17, 15) is 13.6 Å². The van der Waals surface area contributed by atoms with Crippen molar-refractivity contribution in [3.63, 3.8) is 0 Å². The zero-order valence-electron chi connectivity index (χ0n) is 11.9. The van der Waals surface area contributed by atoms with Crippen LogP contribution in [0.5, 0.6) is 0 Å². The third-order valence-electron chi connectivity index (χ3n) is 4.66. The Morgan fingerprint density at radius 1 is 1.36 bits per heavy atom. The van der Waals surface area contributed by atoms with E-state index < -0.39 is 12.3 Å². The number of halogens is 3. The number of carbonyl (C=O) groups excluding carboxylic acids is 1. The second kappa shape index (κ2) is 5.95. The number of rotatable bonds is 3. The first-order valence-electron chi connectivity index (χ1n) is 7.37. The zero-order valence-corrected chi connectivity index (χ0v) is 12.7. The van der Waals surface area contributed by atoms with E-state index in [-0.39, 0.29) is 11.6 Å². The Kier molecular flexibility index (Phi) is 4.16. The molecule has 22 heavy (non-hydrogen) atoms. The number of amides is 1. The van der Waals surface area contributed by atoms with Gasteiger partial charge in [0.25, 0.3) is 5.91 Å². The van der Waals surface area contributed by atoms with E-state index in [1.54, 1.807) is 0 Å². The lowest BCUT2D eigenvalue weighted by molar-refractivity contribution is -0.132.